The Labute approximate surface area is 235 Å². The molecule has 0 saturated heterocycles. The number of hydrogen-bond acceptors (Lipinski definition) is 8. The summed E-state index contributed by atoms with van der Waals surface area (Å²) in [5.74, 6) is 1.52. The molecule has 2 heterocycles. The van der Waals surface area contributed by atoms with Gasteiger partial charge in [0.15, 0.2) is 28.8 Å². The van der Waals surface area contributed by atoms with E-state index in [0.29, 0.717) is 51.7 Å². The fourth-order valence-electron chi connectivity index (χ4n) is 4.38. The standard InChI is InChI=1S/C32H25N3O6/c1-3-38-28-16-21(10-14-27(28)41-32(37)23-13-15-26-29(17-23)40-19-39-26)18-33-35-30(22-11-8-20(2)9-12-22)34-25-7-5-4-6-24(25)31(35)36/h4-18H,3,19H2,1-2H3. The molecule has 41 heavy (non-hydrogen) atoms. The van der Waals surface area contributed by atoms with Crippen molar-refractivity contribution in [2.24, 2.45) is 5.10 Å². The number of carbonyl (C=O) groups excluding carboxylic acids is 1. The normalized spacial score (nSPS) is 12.1. The van der Waals surface area contributed by atoms with Crippen LogP contribution in [0.2, 0.25) is 0 Å². The van der Waals surface area contributed by atoms with Crippen LogP contribution in [0.1, 0.15) is 28.4 Å². The minimum absolute atomic E-state index is 0.110. The Morgan fingerprint density at radius 3 is 2.61 bits per heavy atom. The summed E-state index contributed by atoms with van der Waals surface area (Å²) in [5, 5.41) is 4.98. The van der Waals surface area contributed by atoms with Crippen LogP contribution in [0, 0.1) is 6.92 Å². The molecule has 204 valence electrons. The highest BCUT2D eigenvalue weighted by Gasteiger charge is 2.19. The minimum Gasteiger partial charge on any atom is -0.490 e. The predicted molar refractivity (Wildman–Crippen MR) is 154 cm³/mol. The Kier molecular flexibility index (Phi) is 6.91. The van der Waals surface area contributed by atoms with Gasteiger partial charge in [-0.05, 0) is 67.9 Å². The van der Waals surface area contributed by atoms with E-state index < -0.39 is 5.97 Å². The number of benzene rings is 4. The van der Waals surface area contributed by atoms with Crippen LogP contribution in [0.5, 0.6) is 23.0 Å². The predicted octanol–water partition coefficient (Wildman–Crippen LogP) is 5.60. The third-order valence-electron chi connectivity index (χ3n) is 6.46. The number of ether oxygens (including phenoxy) is 4. The van der Waals surface area contributed by atoms with Gasteiger partial charge < -0.3 is 18.9 Å². The molecule has 9 nitrogen and oxygen atoms in total. The van der Waals surface area contributed by atoms with Crippen LogP contribution in [-0.4, -0.2) is 35.2 Å². The maximum Gasteiger partial charge on any atom is 0.343 e. The van der Waals surface area contributed by atoms with E-state index in [2.05, 4.69) is 5.10 Å². The largest absolute Gasteiger partial charge is 0.490 e. The fourth-order valence-corrected chi connectivity index (χ4v) is 4.38. The number of rotatable bonds is 7. The highest BCUT2D eigenvalue weighted by molar-refractivity contribution is 5.92. The topological polar surface area (TPSA) is 101 Å². The molecule has 6 rings (SSSR count). The lowest BCUT2D eigenvalue weighted by atomic mass is 10.1. The molecule has 0 amide bonds. The van der Waals surface area contributed by atoms with Crippen molar-refractivity contribution >= 4 is 23.1 Å². The first kappa shape index (κ1) is 25.8. The van der Waals surface area contributed by atoms with E-state index >= 15 is 0 Å². The molecule has 0 unspecified atom stereocenters. The highest BCUT2D eigenvalue weighted by atomic mass is 16.7. The van der Waals surface area contributed by atoms with E-state index in [1.54, 1.807) is 60.8 Å². The lowest BCUT2D eigenvalue weighted by molar-refractivity contribution is 0.0728. The first-order valence-corrected chi connectivity index (χ1v) is 13.0. The summed E-state index contributed by atoms with van der Waals surface area (Å²) < 4.78 is 23.4. The average Bonchev–Trinajstić information content (AvgIpc) is 3.46. The number of aromatic nitrogens is 2. The third kappa shape index (κ3) is 5.25. The van der Waals surface area contributed by atoms with Crippen LogP contribution in [0.3, 0.4) is 0 Å². The molecule has 0 spiro atoms. The Hall–Kier alpha value is -5.44. The summed E-state index contributed by atoms with van der Waals surface area (Å²) in [4.78, 5) is 31.1. The van der Waals surface area contributed by atoms with Crippen molar-refractivity contribution in [3.63, 3.8) is 0 Å². The van der Waals surface area contributed by atoms with Gasteiger partial charge in [-0.1, -0.05) is 42.0 Å². The summed E-state index contributed by atoms with van der Waals surface area (Å²) >= 11 is 0. The number of para-hydroxylation sites is 1. The number of hydrogen-bond donors (Lipinski definition) is 0. The van der Waals surface area contributed by atoms with Gasteiger partial charge in [-0.2, -0.15) is 9.78 Å². The molecule has 1 aliphatic rings. The first-order chi connectivity index (χ1) is 20.0. The number of carbonyl (C=O) groups is 1. The molecule has 0 bridgehead atoms. The lowest BCUT2D eigenvalue weighted by Gasteiger charge is -2.12. The number of esters is 1. The Bertz CT molecular complexity index is 1860. The summed E-state index contributed by atoms with van der Waals surface area (Å²) in [6.07, 6.45) is 1.54. The van der Waals surface area contributed by atoms with Gasteiger partial charge in [-0.3, -0.25) is 4.79 Å². The second-order valence-corrected chi connectivity index (χ2v) is 9.28. The average molecular weight is 548 g/mol. The van der Waals surface area contributed by atoms with Crippen molar-refractivity contribution in [1.82, 2.24) is 9.66 Å². The van der Waals surface area contributed by atoms with Gasteiger partial charge >= 0.3 is 5.97 Å². The molecule has 9 heteroatoms. The van der Waals surface area contributed by atoms with Gasteiger partial charge in [0.05, 0.1) is 29.3 Å². The maximum atomic E-state index is 13.5. The van der Waals surface area contributed by atoms with Gasteiger partial charge in [0.1, 0.15) is 0 Å². The number of fused-ring (bicyclic) bond motifs is 2. The van der Waals surface area contributed by atoms with Crippen molar-refractivity contribution < 1.29 is 23.7 Å². The van der Waals surface area contributed by atoms with Crippen molar-refractivity contribution in [3.05, 3.63) is 112 Å². The van der Waals surface area contributed by atoms with E-state index in [0.717, 1.165) is 11.1 Å². The Morgan fingerprint density at radius 1 is 0.976 bits per heavy atom. The van der Waals surface area contributed by atoms with Gasteiger partial charge in [0, 0.05) is 5.56 Å². The molecule has 0 aliphatic carbocycles. The molecular formula is C32H25N3O6. The Balaban J connectivity index is 1.33. The van der Waals surface area contributed by atoms with E-state index in [1.807, 2.05) is 44.2 Å². The molecule has 0 N–H and O–H groups in total. The zero-order valence-electron chi connectivity index (χ0n) is 22.4. The third-order valence-corrected chi connectivity index (χ3v) is 6.46. The van der Waals surface area contributed by atoms with Crippen molar-refractivity contribution in [1.29, 1.82) is 0 Å². The summed E-state index contributed by atoms with van der Waals surface area (Å²) in [6, 6.07) is 24.8. The zero-order valence-corrected chi connectivity index (χ0v) is 22.4. The van der Waals surface area contributed by atoms with Crippen molar-refractivity contribution in [2.75, 3.05) is 13.4 Å². The van der Waals surface area contributed by atoms with Crippen molar-refractivity contribution in [2.45, 2.75) is 13.8 Å². The van der Waals surface area contributed by atoms with E-state index in [4.69, 9.17) is 23.9 Å². The molecule has 5 aromatic rings. The molecule has 0 atom stereocenters. The first-order valence-electron chi connectivity index (χ1n) is 13.0. The molecule has 4 aromatic carbocycles. The van der Waals surface area contributed by atoms with Crippen molar-refractivity contribution in [3.8, 4) is 34.4 Å². The van der Waals surface area contributed by atoms with Gasteiger partial charge in [-0.15, -0.1) is 0 Å². The minimum atomic E-state index is -0.567. The molecule has 1 aliphatic heterocycles. The van der Waals surface area contributed by atoms with Crippen LogP contribution in [0.15, 0.2) is 94.8 Å². The molecule has 0 radical (unpaired) electrons. The highest BCUT2D eigenvalue weighted by Crippen LogP contribution is 2.34. The van der Waals surface area contributed by atoms with Crippen LogP contribution < -0.4 is 24.5 Å². The van der Waals surface area contributed by atoms with E-state index in [1.165, 1.54) is 4.68 Å². The van der Waals surface area contributed by atoms with Crippen LogP contribution in [-0.2, 0) is 0 Å². The second kappa shape index (κ2) is 11.0. The van der Waals surface area contributed by atoms with Gasteiger partial charge in [0.2, 0.25) is 6.79 Å². The number of nitrogens with zero attached hydrogens (tertiary/aromatic N) is 3. The summed E-state index contributed by atoms with van der Waals surface area (Å²) in [5.41, 5.74) is 3.10. The second-order valence-electron chi connectivity index (χ2n) is 9.28. The smallest absolute Gasteiger partial charge is 0.343 e. The maximum absolute atomic E-state index is 13.5. The monoisotopic (exact) mass is 547 g/mol. The molecule has 0 saturated carbocycles. The van der Waals surface area contributed by atoms with E-state index in [9.17, 15) is 9.59 Å². The Morgan fingerprint density at radius 2 is 1.78 bits per heavy atom. The van der Waals surface area contributed by atoms with Gasteiger partial charge in [-0.25, -0.2) is 9.78 Å². The number of aryl methyl sites for hydroxylation is 1. The SMILES string of the molecule is CCOc1cc(C=Nn2c(-c3ccc(C)cc3)nc3ccccc3c2=O)ccc1OC(=O)c1ccc2c(c1)OCO2. The van der Waals surface area contributed by atoms with E-state index in [-0.39, 0.29) is 18.1 Å². The zero-order chi connectivity index (χ0) is 28.3. The quantitative estimate of drug-likeness (QED) is 0.148. The van der Waals surface area contributed by atoms with Crippen LogP contribution in [0.25, 0.3) is 22.3 Å². The molecule has 1 aromatic heterocycles. The summed E-state index contributed by atoms with van der Waals surface area (Å²) in [6.45, 7) is 4.28. The molecule has 0 fully saturated rings. The fraction of sp³-hybridized carbons (Fsp3) is 0.125. The van der Waals surface area contributed by atoms with Crippen LogP contribution in [0.4, 0.5) is 0 Å². The van der Waals surface area contributed by atoms with Crippen LogP contribution >= 0.6 is 0 Å². The summed E-state index contributed by atoms with van der Waals surface area (Å²) in [7, 11) is 0. The molecular weight excluding hydrogens is 522 g/mol. The lowest BCUT2D eigenvalue weighted by Crippen LogP contribution is -2.20. The van der Waals surface area contributed by atoms with Gasteiger partial charge in [0.25, 0.3) is 5.56 Å².